The minimum Gasteiger partial charge on any atom is -0.462 e. The zero-order valence-electron chi connectivity index (χ0n) is 41.2. The lowest BCUT2D eigenvalue weighted by atomic mass is 10.0. The number of rotatable bonds is 46. The molecule has 0 aromatic carbocycles. The third-order valence-electron chi connectivity index (χ3n) is 11.6. The monoisotopic (exact) mass is 878 g/mol. The standard InChI is InChI=1S/C57H99NO5/c1-4-7-10-13-16-19-22-24-26-28-30-32-35-38-41-44-47-50-57(62)63-53(48-45-42-39-36-33-21-18-15-12-9-6-3)51-56(61)58-54(52-59)55(60)49-46-43-40-37-34-31-29-27-25-23-20-17-14-11-8-5-2/h9,12,15-16,18-19,21,24,26,30,32-33,36,39,53-55,59-60H,4-8,10-11,13-14,17,20,22-23,25,27-29,31,34-35,37-38,40-52H2,1-3H3,(H,58,61)/b12-9+,18-15+,19-16-,26-24-,32-30-,33-21-,39-36-. The van der Waals surface area contributed by atoms with Gasteiger partial charge in [0.05, 0.1) is 25.2 Å². The fourth-order valence-corrected chi connectivity index (χ4v) is 7.57. The molecule has 0 fully saturated rings. The van der Waals surface area contributed by atoms with Crippen LogP contribution in [0, 0.1) is 0 Å². The molecular weight excluding hydrogens is 779 g/mol. The molecule has 3 N–H and O–H groups in total. The molecular formula is C57H99NO5. The normalized spacial score (nSPS) is 13.9. The van der Waals surface area contributed by atoms with Crippen LogP contribution in [0.4, 0.5) is 0 Å². The van der Waals surface area contributed by atoms with E-state index >= 15 is 0 Å². The van der Waals surface area contributed by atoms with Crippen LogP contribution >= 0.6 is 0 Å². The Bertz CT molecular complexity index is 1210. The molecule has 0 saturated heterocycles. The Balaban J connectivity index is 4.60. The van der Waals surface area contributed by atoms with Gasteiger partial charge in [0.2, 0.25) is 5.91 Å². The van der Waals surface area contributed by atoms with E-state index in [0.717, 1.165) is 83.5 Å². The second-order valence-corrected chi connectivity index (χ2v) is 17.6. The van der Waals surface area contributed by atoms with Gasteiger partial charge in [0.1, 0.15) is 6.10 Å². The smallest absolute Gasteiger partial charge is 0.306 e. The Kier molecular flexibility index (Phi) is 47.7. The lowest BCUT2D eigenvalue weighted by Crippen LogP contribution is -2.46. The number of allylic oxidation sites excluding steroid dienone is 14. The molecule has 0 bridgehead atoms. The minimum atomic E-state index is -0.813. The van der Waals surface area contributed by atoms with Gasteiger partial charge in [-0.15, -0.1) is 0 Å². The summed E-state index contributed by atoms with van der Waals surface area (Å²) in [6.45, 7) is 6.29. The molecule has 3 unspecified atom stereocenters. The molecule has 0 rings (SSSR count). The van der Waals surface area contributed by atoms with E-state index in [2.05, 4.69) is 74.7 Å². The molecule has 0 saturated carbocycles. The van der Waals surface area contributed by atoms with Crippen LogP contribution < -0.4 is 5.32 Å². The number of nitrogens with one attached hydrogen (secondary N) is 1. The average Bonchev–Trinajstić information content (AvgIpc) is 3.28. The van der Waals surface area contributed by atoms with Crippen molar-refractivity contribution >= 4 is 11.9 Å². The van der Waals surface area contributed by atoms with E-state index in [0.29, 0.717) is 19.3 Å². The molecule has 0 radical (unpaired) electrons. The van der Waals surface area contributed by atoms with Crippen LogP contribution in [-0.4, -0.2) is 46.9 Å². The van der Waals surface area contributed by atoms with Gasteiger partial charge in [-0.25, -0.2) is 0 Å². The Morgan fingerprint density at radius 3 is 1.49 bits per heavy atom. The third-order valence-corrected chi connectivity index (χ3v) is 11.6. The summed E-state index contributed by atoms with van der Waals surface area (Å²) in [5.41, 5.74) is 0. The molecule has 0 spiro atoms. The number of aliphatic hydroxyl groups excluding tert-OH is 2. The second-order valence-electron chi connectivity index (χ2n) is 17.6. The van der Waals surface area contributed by atoms with Gasteiger partial charge in [-0.1, -0.05) is 234 Å². The van der Waals surface area contributed by atoms with Crippen LogP contribution in [-0.2, 0) is 14.3 Å². The lowest BCUT2D eigenvalue weighted by Gasteiger charge is -2.24. The Morgan fingerprint density at radius 1 is 0.492 bits per heavy atom. The summed E-state index contributed by atoms with van der Waals surface area (Å²) < 4.78 is 5.88. The first kappa shape index (κ1) is 60.0. The summed E-state index contributed by atoms with van der Waals surface area (Å²) in [5.74, 6) is -0.571. The molecule has 63 heavy (non-hydrogen) atoms. The molecule has 1 amide bonds. The average molecular weight is 878 g/mol. The fourth-order valence-electron chi connectivity index (χ4n) is 7.57. The lowest BCUT2D eigenvalue weighted by molar-refractivity contribution is -0.151. The summed E-state index contributed by atoms with van der Waals surface area (Å²) in [4.78, 5) is 26.1. The van der Waals surface area contributed by atoms with Gasteiger partial charge < -0.3 is 20.3 Å². The van der Waals surface area contributed by atoms with Crippen molar-refractivity contribution < 1.29 is 24.5 Å². The SMILES string of the molecule is CC/C=C/C=C/C=C\C=C/CCCC(CC(=O)NC(CO)C(O)CCCCCCCCCCCCCCCCCC)OC(=O)CCCCCC/C=C\C/C=C\C/C=C\CCCCC. The predicted octanol–water partition coefficient (Wildman–Crippen LogP) is 16.0. The van der Waals surface area contributed by atoms with E-state index < -0.39 is 18.2 Å². The van der Waals surface area contributed by atoms with Crippen molar-refractivity contribution in [3.05, 3.63) is 85.1 Å². The molecule has 362 valence electrons. The van der Waals surface area contributed by atoms with Crippen LogP contribution in [0.2, 0.25) is 0 Å². The van der Waals surface area contributed by atoms with Crippen molar-refractivity contribution in [3.63, 3.8) is 0 Å². The largest absolute Gasteiger partial charge is 0.462 e. The maximum absolute atomic E-state index is 13.2. The number of unbranched alkanes of at least 4 members (excludes halogenated alkanes) is 23. The van der Waals surface area contributed by atoms with Crippen LogP contribution in [0.3, 0.4) is 0 Å². The molecule has 0 aliphatic heterocycles. The van der Waals surface area contributed by atoms with Crippen molar-refractivity contribution in [1.29, 1.82) is 0 Å². The molecule has 0 aliphatic carbocycles. The summed E-state index contributed by atoms with van der Waals surface area (Å²) in [5, 5.41) is 23.8. The quantitative estimate of drug-likeness (QED) is 0.0245. The fraction of sp³-hybridized carbons (Fsp3) is 0.719. The highest BCUT2D eigenvalue weighted by Gasteiger charge is 2.24. The van der Waals surface area contributed by atoms with E-state index in [4.69, 9.17) is 4.74 Å². The van der Waals surface area contributed by atoms with Gasteiger partial charge in [-0.05, 0) is 77.0 Å². The van der Waals surface area contributed by atoms with Gasteiger partial charge in [-0.2, -0.15) is 0 Å². The van der Waals surface area contributed by atoms with E-state index in [-0.39, 0.29) is 24.9 Å². The highest BCUT2D eigenvalue weighted by Crippen LogP contribution is 2.17. The zero-order valence-corrected chi connectivity index (χ0v) is 41.2. The van der Waals surface area contributed by atoms with Crippen LogP contribution in [0.5, 0.6) is 0 Å². The number of hydrogen-bond donors (Lipinski definition) is 3. The highest BCUT2D eigenvalue weighted by atomic mass is 16.5. The second kappa shape index (κ2) is 50.0. The van der Waals surface area contributed by atoms with Crippen molar-refractivity contribution in [2.24, 2.45) is 0 Å². The first-order valence-corrected chi connectivity index (χ1v) is 26.4. The van der Waals surface area contributed by atoms with Crippen LogP contribution in [0.1, 0.15) is 239 Å². The van der Waals surface area contributed by atoms with Crippen LogP contribution in [0.25, 0.3) is 0 Å². The Labute approximate surface area is 389 Å². The first-order valence-electron chi connectivity index (χ1n) is 26.4. The summed E-state index contributed by atoms with van der Waals surface area (Å²) in [6.07, 6.45) is 65.1. The molecule has 0 heterocycles. The molecule has 3 atom stereocenters. The number of ether oxygens (including phenoxy) is 1. The summed E-state index contributed by atoms with van der Waals surface area (Å²) in [6, 6.07) is -0.731. The van der Waals surface area contributed by atoms with E-state index in [9.17, 15) is 19.8 Å². The van der Waals surface area contributed by atoms with E-state index in [1.807, 2.05) is 36.5 Å². The summed E-state index contributed by atoms with van der Waals surface area (Å²) in [7, 11) is 0. The Hall–Kier alpha value is -2.96. The van der Waals surface area contributed by atoms with Crippen molar-refractivity contribution in [2.45, 2.75) is 257 Å². The van der Waals surface area contributed by atoms with Gasteiger partial charge in [-0.3, -0.25) is 9.59 Å². The minimum absolute atomic E-state index is 0.0188. The van der Waals surface area contributed by atoms with Gasteiger partial charge in [0.25, 0.3) is 0 Å². The number of esters is 1. The Morgan fingerprint density at radius 2 is 0.937 bits per heavy atom. The number of carbonyl (C=O) groups is 2. The zero-order chi connectivity index (χ0) is 45.9. The maximum atomic E-state index is 13.2. The molecule has 0 aromatic rings. The van der Waals surface area contributed by atoms with E-state index in [1.54, 1.807) is 0 Å². The topological polar surface area (TPSA) is 95.9 Å². The molecule has 6 heteroatoms. The number of aliphatic hydroxyl groups is 2. The molecule has 0 aliphatic rings. The van der Waals surface area contributed by atoms with Crippen molar-refractivity contribution in [3.8, 4) is 0 Å². The van der Waals surface area contributed by atoms with Crippen molar-refractivity contribution in [2.75, 3.05) is 6.61 Å². The van der Waals surface area contributed by atoms with Gasteiger partial charge in [0, 0.05) is 6.42 Å². The van der Waals surface area contributed by atoms with Crippen molar-refractivity contribution in [1.82, 2.24) is 5.32 Å². The molecule has 0 aromatic heterocycles. The highest BCUT2D eigenvalue weighted by molar-refractivity contribution is 5.77. The van der Waals surface area contributed by atoms with Crippen LogP contribution in [0.15, 0.2) is 85.1 Å². The van der Waals surface area contributed by atoms with Gasteiger partial charge in [0.15, 0.2) is 0 Å². The maximum Gasteiger partial charge on any atom is 0.306 e. The predicted molar refractivity (Wildman–Crippen MR) is 273 cm³/mol. The first-order chi connectivity index (χ1) is 31.0. The van der Waals surface area contributed by atoms with E-state index in [1.165, 1.54) is 109 Å². The number of carbonyl (C=O) groups excluding carboxylic acids is 2. The summed E-state index contributed by atoms with van der Waals surface area (Å²) >= 11 is 0. The number of hydrogen-bond acceptors (Lipinski definition) is 5. The number of amides is 1. The third kappa shape index (κ3) is 45.4. The molecule has 6 nitrogen and oxygen atoms in total. The van der Waals surface area contributed by atoms with Gasteiger partial charge >= 0.3 is 5.97 Å².